The molecule has 1 heterocycles. The number of aromatic nitrogens is 1. The Kier molecular flexibility index (Phi) is 4.24. The molecule has 1 aromatic heterocycles. The van der Waals surface area contributed by atoms with E-state index in [0.717, 1.165) is 38.0 Å². The Balaban J connectivity index is 1.52. The fourth-order valence-electron chi connectivity index (χ4n) is 3.49. The molecule has 3 heteroatoms. The maximum atomic E-state index is 9.96. The number of fused-ring (bicyclic) bond motifs is 1. The number of nitrogens with zero attached hydrogens (tertiary/aromatic N) is 1. The van der Waals surface area contributed by atoms with Gasteiger partial charge in [-0.3, -0.25) is 0 Å². The smallest absolute Gasteiger partial charge is 0.0807 e. The van der Waals surface area contributed by atoms with Crippen molar-refractivity contribution in [3.63, 3.8) is 0 Å². The van der Waals surface area contributed by atoms with Crippen LogP contribution in [0.25, 0.3) is 0 Å². The van der Waals surface area contributed by atoms with Gasteiger partial charge in [0.05, 0.1) is 18.8 Å². The molecule has 19 heavy (non-hydrogen) atoms. The summed E-state index contributed by atoms with van der Waals surface area (Å²) in [6.07, 6.45) is 12.0. The minimum atomic E-state index is -0.246. The van der Waals surface area contributed by atoms with E-state index < -0.39 is 0 Å². The highest BCUT2D eigenvalue weighted by atomic mass is 16.5. The Hall–Kier alpha value is -0.800. The number of hydrogen-bond acceptors (Lipinski definition) is 2. The van der Waals surface area contributed by atoms with Crippen LogP contribution < -0.4 is 0 Å². The quantitative estimate of drug-likeness (QED) is 0.905. The summed E-state index contributed by atoms with van der Waals surface area (Å²) in [5.74, 6) is 0. The van der Waals surface area contributed by atoms with Crippen LogP contribution in [0, 0.1) is 0 Å². The Bertz CT molecular complexity index is 407. The van der Waals surface area contributed by atoms with Crippen molar-refractivity contribution in [2.24, 2.45) is 0 Å². The van der Waals surface area contributed by atoms with Crippen LogP contribution in [0.5, 0.6) is 0 Å². The average molecular weight is 263 g/mol. The van der Waals surface area contributed by atoms with Crippen LogP contribution in [0.2, 0.25) is 0 Å². The summed E-state index contributed by atoms with van der Waals surface area (Å²) in [5, 5.41) is 9.96. The fourth-order valence-corrected chi connectivity index (χ4v) is 3.49. The fraction of sp³-hybridized carbons (Fsp3) is 0.750. The van der Waals surface area contributed by atoms with Gasteiger partial charge in [0, 0.05) is 24.0 Å². The van der Waals surface area contributed by atoms with Crippen molar-refractivity contribution >= 4 is 0 Å². The van der Waals surface area contributed by atoms with Crippen molar-refractivity contribution in [3.8, 4) is 0 Å². The summed E-state index contributed by atoms with van der Waals surface area (Å²) in [6, 6.07) is 2.08. The van der Waals surface area contributed by atoms with Crippen molar-refractivity contribution < 1.29 is 9.84 Å². The Morgan fingerprint density at radius 3 is 2.84 bits per heavy atom. The van der Waals surface area contributed by atoms with E-state index in [-0.39, 0.29) is 6.10 Å². The molecule has 0 aromatic carbocycles. The van der Waals surface area contributed by atoms with Crippen molar-refractivity contribution in [1.29, 1.82) is 0 Å². The SMILES string of the molecule is OC1CCCc2c1ccn2CCOC1CCCCC1. The van der Waals surface area contributed by atoms with Gasteiger partial charge in [-0.15, -0.1) is 0 Å². The summed E-state index contributed by atoms with van der Waals surface area (Å²) in [7, 11) is 0. The molecular weight excluding hydrogens is 238 g/mol. The molecule has 1 atom stereocenters. The number of rotatable bonds is 4. The maximum Gasteiger partial charge on any atom is 0.0807 e. The largest absolute Gasteiger partial charge is 0.388 e. The summed E-state index contributed by atoms with van der Waals surface area (Å²) in [6.45, 7) is 1.74. The van der Waals surface area contributed by atoms with Gasteiger partial charge in [0.25, 0.3) is 0 Å². The normalized spacial score (nSPS) is 24.4. The highest BCUT2D eigenvalue weighted by Gasteiger charge is 2.21. The summed E-state index contributed by atoms with van der Waals surface area (Å²) in [5.41, 5.74) is 2.47. The molecule has 2 aliphatic rings. The van der Waals surface area contributed by atoms with E-state index in [1.54, 1.807) is 0 Å². The van der Waals surface area contributed by atoms with Crippen molar-refractivity contribution in [2.75, 3.05) is 6.61 Å². The van der Waals surface area contributed by atoms with E-state index in [0.29, 0.717) is 6.10 Å². The molecule has 0 spiro atoms. The lowest BCUT2D eigenvalue weighted by Crippen LogP contribution is -2.20. The lowest BCUT2D eigenvalue weighted by atomic mass is 9.95. The molecule has 1 fully saturated rings. The molecule has 3 rings (SSSR count). The molecule has 0 aliphatic heterocycles. The highest BCUT2D eigenvalue weighted by Crippen LogP contribution is 2.30. The third kappa shape index (κ3) is 3.03. The molecule has 1 N–H and O–H groups in total. The van der Waals surface area contributed by atoms with E-state index in [1.165, 1.54) is 37.8 Å². The molecule has 1 unspecified atom stereocenters. The van der Waals surface area contributed by atoms with Gasteiger partial charge in [-0.25, -0.2) is 0 Å². The van der Waals surface area contributed by atoms with Crippen LogP contribution in [0.3, 0.4) is 0 Å². The van der Waals surface area contributed by atoms with E-state index in [1.807, 2.05) is 0 Å². The lowest BCUT2D eigenvalue weighted by Gasteiger charge is -2.23. The van der Waals surface area contributed by atoms with E-state index in [4.69, 9.17) is 4.74 Å². The molecule has 1 aromatic rings. The van der Waals surface area contributed by atoms with Crippen LogP contribution in [0.4, 0.5) is 0 Å². The topological polar surface area (TPSA) is 34.4 Å². The first kappa shape index (κ1) is 13.2. The van der Waals surface area contributed by atoms with Crippen molar-refractivity contribution in [3.05, 3.63) is 23.5 Å². The second kappa shape index (κ2) is 6.10. The molecule has 1 saturated carbocycles. The molecule has 0 bridgehead atoms. The van der Waals surface area contributed by atoms with Crippen molar-refractivity contribution in [2.45, 2.75) is 70.1 Å². The molecule has 0 radical (unpaired) electrons. The Morgan fingerprint density at radius 1 is 1.16 bits per heavy atom. The summed E-state index contributed by atoms with van der Waals surface area (Å²) < 4.78 is 8.27. The van der Waals surface area contributed by atoms with Gasteiger partial charge in [0.15, 0.2) is 0 Å². The standard InChI is InChI=1S/C16H25NO2/c18-16-8-4-7-15-14(16)9-10-17(15)11-12-19-13-5-2-1-3-6-13/h9-10,13,16,18H,1-8,11-12H2. The number of ether oxygens (including phenoxy) is 1. The zero-order chi connectivity index (χ0) is 13.1. The van der Waals surface area contributed by atoms with Gasteiger partial charge in [-0.2, -0.15) is 0 Å². The van der Waals surface area contributed by atoms with Crippen LogP contribution in [-0.4, -0.2) is 22.4 Å². The average Bonchev–Trinajstić information content (AvgIpc) is 2.85. The predicted molar refractivity (Wildman–Crippen MR) is 75.2 cm³/mol. The molecule has 3 nitrogen and oxygen atoms in total. The van der Waals surface area contributed by atoms with Gasteiger partial charge in [-0.05, 0) is 38.2 Å². The zero-order valence-corrected chi connectivity index (χ0v) is 11.7. The molecule has 106 valence electrons. The summed E-state index contributed by atoms with van der Waals surface area (Å²) >= 11 is 0. The Labute approximate surface area is 115 Å². The maximum absolute atomic E-state index is 9.96. The molecular formula is C16H25NO2. The minimum absolute atomic E-state index is 0.246. The molecule has 2 aliphatic carbocycles. The van der Waals surface area contributed by atoms with Gasteiger partial charge < -0.3 is 14.4 Å². The van der Waals surface area contributed by atoms with Crippen LogP contribution in [0.1, 0.15) is 62.3 Å². The zero-order valence-electron chi connectivity index (χ0n) is 11.7. The van der Waals surface area contributed by atoms with Crippen LogP contribution in [0.15, 0.2) is 12.3 Å². The highest BCUT2D eigenvalue weighted by molar-refractivity contribution is 5.27. The van der Waals surface area contributed by atoms with Crippen molar-refractivity contribution in [1.82, 2.24) is 4.57 Å². The van der Waals surface area contributed by atoms with Gasteiger partial charge >= 0.3 is 0 Å². The number of aliphatic hydroxyl groups excluding tert-OH is 1. The van der Waals surface area contributed by atoms with Gasteiger partial charge in [0.1, 0.15) is 0 Å². The van der Waals surface area contributed by atoms with Crippen LogP contribution in [-0.2, 0) is 17.7 Å². The second-order valence-corrected chi connectivity index (χ2v) is 5.95. The second-order valence-electron chi connectivity index (χ2n) is 5.95. The predicted octanol–water partition coefficient (Wildman–Crippen LogP) is 3.21. The summed E-state index contributed by atoms with van der Waals surface area (Å²) in [4.78, 5) is 0. The van der Waals surface area contributed by atoms with Gasteiger partial charge in [0.2, 0.25) is 0 Å². The first-order chi connectivity index (χ1) is 9.34. The number of aliphatic hydroxyl groups is 1. The van der Waals surface area contributed by atoms with E-state index in [2.05, 4.69) is 16.8 Å². The lowest BCUT2D eigenvalue weighted by molar-refractivity contribution is 0.0237. The number of hydrogen-bond donors (Lipinski definition) is 1. The van der Waals surface area contributed by atoms with Gasteiger partial charge in [-0.1, -0.05) is 19.3 Å². The first-order valence-electron chi connectivity index (χ1n) is 7.82. The third-order valence-corrected chi connectivity index (χ3v) is 4.60. The Morgan fingerprint density at radius 2 is 2.00 bits per heavy atom. The monoisotopic (exact) mass is 263 g/mol. The van der Waals surface area contributed by atoms with E-state index >= 15 is 0 Å². The third-order valence-electron chi connectivity index (χ3n) is 4.60. The van der Waals surface area contributed by atoms with Crippen LogP contribution >= 0.6 is 0 Å². The first-order valence-corrected chi connectivity index (χ1v) is 7.82. The minimum Gasteiger partial charge on any atom is -0.388 e. The molecule has 0 saturated heterocycles. The molecule has 0 amide bonds. The van der Waals surface area contributed by atoms with E-state index in [9.17, 15) is 5.11 Å².